The second kappa shape index (κ2) is 7.99. The summed E-state index contributed by atoms with van der Waals surface area (Å²) in [5.41, 5.74) is 1.40. The molecule has 1 aliphatic carbocycles. The molecular formula is C21H26N4O2S. The minimum absolute atomic E-state index is 0.0313. The number of anilines is 1. The molecule has 1 aliphatic heterocycles. The van der Waals surface area contributed by atoms with Gasteiger partial charge in [-0.05, 0) is 24.7 Å². The molecule has 1 amide bonds. The predicted molar refractivity (Wildman–Crippen MR) is 111 cm³/mol. The summed E-state index contributed by atoms with van der Waals surface area (Å²) in [6.07, 6.45) is 7.38. The Balaban J connectivity index is 1.83. The molecule has 28 heavy (non-hydrogen) atoms. The zero-order chi connectivity index (χ0) is 19.7. The van der Waals surface area contributed by atoms with Gasteiger partial charge < -0.3 is 10.2 Å². The molecule has 0 spiro atoms. The van der Waals surface area contributed by atoms with Gasteiger partial charge in [0.15, 0.2) is 5.16 Å². The van der Waals surface area contributed by atoms with Crippen molar-refractivity contribution in [1.29, 1.82) is 0 Å². The van der Waals surface area contributed by atoms with Gasteiger partial charge in [0.1, 0.15) is 11.9 Å². The Hall–Kier alpha value is -2.28. The first kappa shape index (κ1) is 19.1. The molecule has 4 rings (SSSR count). The molecule has 2 aliphatic rings. The van der Waals surface area contributed by atoms with Crippen LogP contribution in [-0.4, -0.2) is 32.7 Å². The van der Waals surface area contributed by atoms with E-state index in [1.165, 1.54) is 18.2 Å². The van der Waals surface area contributed by atoms with E-state index in [4.69, 9.17) is 0 Å². The molecule has 1 fully saturated rings. The Morgan fingerprint density at radius 1 is 1.11 bits per heavy atom. The number of hydrogen-bond donors (Lipinski definition) is 1. The van der Waals surface area contributed by atoms with E-state index in [-0.39, 0.29) is 17.5 Å². The second-order valence-corrected chi connectivity index (χ2v) is 8.31. The lowest BCUT2D eigenvalue weighted by atomic mass is 9.93. The Bertz CT molecular complexity index is 922. The molecule has 0 radical (unpaired) electrons. The Kier molecular flexibility index (Phi) is 5.44. The summed E-state index contributed by atoms with van der Waals surface area (Å²) in [5.74, 6) is 0.566. The molecule has 1 atom stereocenters. The van der Waals surface area contributed by atoms with Crippen molar-refractivity contribution in [3.05, 3.63) is 51.8 Å². The van der Waals surface area contributed by atoms with Gasteiger partial charge in [-0.1, -0.05) is 61.4 Å². The zero-order valence-corrected chi connectivity index (χ0v) is 17.2. The number of nitrogens with zero attached hydrogens (tertiary/aromatic N) is 3. The fraction of sp³-hybridized carbons (Fsp3) is 0.476. The lowest BCUT2D eigenvalue weighted by molar-refractivity contribution is -0.135. The molecule has 1 N–H and O–H groups in total. The molecule has 2 aromatic rings. The van der Waals surface area contributed by atoms with Crippen molar-refractivity contribution in [2.45, 2.75) is 55.9 Å². The third-order valence-electron chi connectivity index (χ3n) is 5.81. The molecule has 2 heterocycles. The molecule has 1 aromatic heterocycles. The van der Waals surface area contributed by atoms with E-state index in [9.17, 15) is 9.59 Å². The van der Waals surface area contributed by atoms with Crippen molar-refractivity contribution in [2.75, 3.05) is 11.6 Å². The average Bonchev–Trinajstić information content (AvgIpc) is 2.89. The summed E-state index contributed by atoms with van der Waals surface area (Å²) >= 11 is 1.43. The fourth-order valence-corrected chi connectivity index (χ4v) is 4.80. The number of fused-ring (bicyclic) bond motifs is 1. The summed E-state index contributed by atoms with van der Waals surface area (Å²) in [5, 5.41) is 3.95. The SMILES string of the molecule is CSc1nc2c(c(=O)n1C)CN(C1CCCCC1)C(=O)C(c1ccccc1)N2. The molecule has 0 saturated heterocycles. The van der Waals surface area contributed by atoms with Crippen LogP contribution in [0.15, 0.2) is 40.3 Å². The van der Waals surface area contributed by atoms with E-state index >= 15 is 0 Å². The Morgan fingerprint density at radius 3 is 2.50 bits per heavy atom. The van der Waals surface area contributed by atoms with E-state index in [0.29, 0.717) is 23.1 Å². The van der Waals surface area contributed by atoms with Gasteiger partial charge in [0.05, 0.1) is 12.1 Å². The first-order valence-corrected chi connectivity index (χ1v) is 11.1. The molecule has 1 saturated carbocycles. The molecule has 148 valence electrons. The van der Waals surface area contributed by atoms with Gasteiger partial charge in [-0.3, -0.25) is 14.2 Å². The standard InChI is InChI=1S/C21H26N4O2S/c1-24-19(26)16-13-25(15-11-7-4-8-12-15)20(27)17(14-9-5-3-6-10-14)22-18(16)23-21(24)28-2/h3,5-6,9-10,15,17,22H,4,7-8,11-13H2,1-2H3. The summed E-state index contributed by atoms with van der Waals surface area (Å²) in [6.45, 7) is 0.323. The maximum absolute atomic E-state index is 13.6. The number of nitrogens with one attached hydrogen (secondary N) is 1. The van der Waals surface area contributed by atoms with Crippen LogP contribution in [0, 0.1) is 0 Å². The van der Waals surface area contributed by atoms with Gasteiger partial charge in [-0.2, -0.15) is 0 Å². The van der Waals surface area contributed by atoms with Crippen molar-refractivity contribution in [3.63, 3.8) is 0 Å². The lowest BCUT2D eigenvalue weighted by Gasteiger charge is -2.35. The molecule has 6 nitrogen and oxygen atoms in total. The predicted octanol–water partition coefficient (Wildman–Crippen LogP) is 3.33. The number of carbonyl (C=O) groups excluding carboxylic acids is 1. The van der Waals surface area contributed by atoms with Crippen LogP contribution in [0.4, 0.5) is 5.82 Å². The number of hydrogen-bond acceptors (Lipinski definition) is 5. The third kappa shape index (κ3) is 3.43. The normalized spacial score (nSPS) is 20.4. The summed E-state index contributed by atoms with van der Waals surface area (Å²) in [4.78, 5) is 33.2. The fourth-order valence-electron chi connectivity index (χ4n) is 4.26. The van der Waals surface area contributed by atoms with Crippen LogP contribution in [0.5, 0.6) is 0 Å². The number of rotatable bonds is 3. The highest BCUT2D eigenvalue weighted by Crippen LogP contribution is 2.32. The minimum Gasteiger partial charge on any atom is -0.354 e. The van der Waals surface area contributed by atoms with Crippen molar-refractivity contribution >= 4 is 23.5 Å². The number of thioether (sulfide) groups is 1. The van der Waals surface area contributed by atoms with Crippen LogP contribution >= 0.6 is 11.8 Å². The maximum Gasteiger partial charge on any atom is 0.261 e. The summed E-state index contributed by atoms with van der Waals surface area (Å²) in [7, 11) is 1.74. The van der Waals surface area contributed by atoms with Crippen molar-refractivity contribution in [3.8, 4) is 0 Å². The summed E-state index contributed by atoms with van der Waals surface area (Å²) in [6, 6.07) is 9.38. The van der Waals surface area contributed by atoms with Gasteiger partial charge in [0.2, 0.25) is 5.91 Å². The van der Waals surface area contributed by atoms with Crippen molar-refractivity contribution in [1.82, 2.24) is 14.5 Å². The van der Waals surface area contributed by atoms with E-state index in [2.05, 4.69) is 10.3 Å². The van der Waals surface area contributed by atoms with Gasteiger partial charge in [-0.15, -0.1) is 0 Å². The first-order valence-electron chi connectivity index (χ1n) is 9.86. The lowest BCUT2D eigenvalue weighted by Crippen LogP contribution is -2.44. The van der Waals surface area contributed by atoms with Crippen LogP contribution < -0.4 is 10.9 Å². The van der Waals surface area contributed by atoms with E-state index in [1.807, 2.05) is 41.5 Å². The Labute approximate surface area is 169 Å². The van der Waals surface area contributed by atoms with E-state index in [0.717, 1.165) is 31.2 Å². The largest absolute Gasteiger partial charge is 0.354 e. The monoisotopic (exact) mass is 398 g/mol. The smallest absolute Gasteiger partial charge is 0.261 e. The van der Waals surface area contributed by atoms with Gasteiger partial charge in [0, 0.05) is 13.1 Å². The number of aromatic nitrogens is 2. The molecule has 1 unspecified atom stereocenters. The molecule has 0 bridgehead atoms. The quantitative estimate of drug-likeness (QED) is 0.635. The van der Waals surface area contributed by atoms with Crippen LogP contribution in [0.1, 0.15) is 49.3 Å². The van der Waals surface area contributed by atoms with Gasteiger partial charge in [-0.25, -0.2) is 4.98 Å². The third-order valence-corrected chi connectivity index (χ3v) is 6.54. The number of benzene rings is 1. The molecule has 1 aromatic carbocycles. The van der Waals surface area contributed by atoms with E-state index in [1.54, 1.807) is 11.6 Å². The average molecular weight is 399 g/mol. The molecular weight excluding hydrogens is 372 g/mol. The van der Waals surface area contributed by atoms with Gasteiger partial charge in [0.25, 0.3) is 5.56 Å². The van der Waals surface area contributed by atoms with Crippen LogP contribution in [0.3, 0.4) is 0 Å². The van der Waals surface area contributed by atoms with Crippen LogP contribution in [0.25, 0.3) is 0 Å². The van der Waals surface area contributed by atoms with Crippen molar-refractivity contribution < 1.29 is 4.79 Å². The van der Waals surface area contributed by atoms with Crippen molar-refractivity contribution in [2.24, 2.45) is 7.05 Å². The van der Waals surface area contributed by atoms with E-state index < -0.39 is 6.04 Å². The molecule has 7 heteroatoms. The number of carbonyl (C=O) groups is 1. The maximum atomic E-state index is 13.6. The highest BCUT2D eigenvalue weighted by molar-refractivity contribution is 7.98. The minimum atomic E-state index is -0.529. The van der Waals surface area contributed by atoms with Gasteiger partial charge >= 0.3 is 0 Å². The zero-order valence-electron chi connectivity index (χ0n) is 16.4. The topological polar surface area (TPSA) is 67.2 Å². The Morgan fingerprint density at radius 2 is 1.82 bits per heavy atom. The van der Waals surface area contributed by atoms with Crippen LogP contribution in [-0.2, 0) is 18.4 Å². The second-order valence-electron chi connectivity index (χ2n) is 7.54. The summed E-state index contributed by atoms with van der Waals surface area (Å²) < 4.78 is 1.58. The van der Waals surface area contributed by atoms with Crippen LogP contribution in [0.2, 0.25) is 0 Å². The number of amides is 1. The highest BCUT2D eigenvalue weighted by atomic mass is 32.2. The first-order chi connectivity index (χ1) is 13.6. The highest BCUT2D eigenvalue weighted by Gasteiger charge is 2.36.